The van der Waals surface area contributed by atoms with Gasteiger partial charge >= 0.3 is 0 Å². The van der Waals surface area contributed by atoms with Gasteiger partial charge in [0.15, 0.2) is 11.6 Å². The van der Waals surface area contributed by atoms with Gasteiger partial charge < -0.3 is 0 Å². The molecule has 0 radical (unpaired) electrons. The molecule has 2 aromatic carbocycles. The highest BCUT2D eigenvalue weighted by Crippen LogP contribution is 2.36. The van der Waals surface area contributed by atoms with Gasteiger partial charge in [0.2, 0.25) is 0 Å². The second-order valence-corrected chi connectivity index (χ2v) is 6.61. The predicted octanol–water partition coefficient (Wildman–Crippen LogP) is 4.40. The first-order valence-electron chi connectivity index (χ1n) is 7.34. The third-order valence-corrected chi connectivity index (χ3v) is 4.14. The second kappa shape index (κ2) is 4.77. The molecule has 0 bridgehead atoms. The van der Waals surface area contributed by atoms with E-state index in [9.17, 15) is 9.59 Å². The van der Waals surface area contributed by atoms with E-state index >= 15 is 0 Å². The van der Waals surface area contributed by atoms with Crippen LogP contribution in [0.2, 0.25) is 0 Å². The van der Waals surface area contributed by atoms with Crippen LogP contribution in [0.4, 0.5) is 0 Å². The van der Waals surface area contributed by atoms with Crippen LogP contribution in [0.5, 0.6) is 0 Å². The highest BCUT2D eigenvalue weighted by atomic mass is 16.1. The Bertz CT molecular complexity index is 820. The minimum absolute atomic E-state index is 0.0705. The fourth-order valence-electron chi connectivity index (χ4n) is 3.04. The molecule has 22 heavy (non-hydrogen) atoms. The zero-order chi connectivity index (χ0) is 16.1. The Morgan fingerprint density at radius 1 is 0.864 bits per heavy atom. The molecule has 3 rings (SSSR count). The van der Waals surface area contributed by atoms with Crippen molar-refractivity contribution in [2.24, 2.45) is 0 Å². The van der Waals surface area contributed by atoms with Crippen molar-refractivity contribution in [3.8, 4) is 0 Å². The van der Waals surface area contributed by atoms with E-state index in [4.69, 9.17) is 0 Å². The Morgan fingerprint density at radius 3 is 1.91 bits per heavy atom. The van der Waals surface area contributed by atoms with Crippen molar-refractivity contribution < 1.29 is 9.59 Å². The zero-order valence-corrected chi connectivity index (χ0v) is 13.1. The normalized spacial score (nSPS) is 13.6. The third-order valence-electron chi connectivity index (χ3n) is 4.14. The van der Waals surface area contributed by atoms with Gasteiger partial charge in [-0.25, -0.2) is 0 Å². The van der Waals surface area contributed by atoms with Crippen molar-refractivity contribution in [2.45, 2.75) is 26.2 Å². The Balaban J connectivity index is 2.43. The first kappa shape index (κ1) is 14.5. The molecule has 1 aliphatic rings. The van der Waals surface area contributed by atoms with Crippen LogP contribution in [0.1, 0.15) is 63.7 Å². The van der Waals surface area contributed by atoms with Gasteiger partial charge in [-0.15, -0.1) is 0 Å². The Labute approximate surface area is 130 Å². The number of carbonyl (C=O) groups excluding carboxylic acids is 2. The van der Waals surface area contributed by atoms with E-state index in [2.05, 4.69) is 27.4 Å². The van der Waals surface area contributed by atoms with E-state index in [1.54, 1.807) is 30.3 Å². The molecule has 2 nitrogen and oxygen atoms in total. The maximum absolute atomic E-state index is 13.0. The van der Waals surface area contributed by atoms with E-state index in [0.29, 0.717) is 22.3 Å². The molecule has 0 saturated carbocycles. The largest absolute Gasteiger partial charge is 0.289 e. The van der Waals surface area contributed by atoms with Gasteiger partial charge in [-0.05, 0) is 16.5 Å². The maximum Gasteiger partial charge on any atom is 0.195 e. The number of hydrogen-bond donors (Lipinski definition) is 0. The van der Waals surface area contributed by atoms with Crippen LogP contribution in [0, 0.1) is 0 Å². The standard InChI is InChI=1S/C20H18O2/c1-5-12-10-11-15(20(2,3)4)17-16(12)18(21)13-8-6-7-9-14(13)19(17)22/h5-11H,1H2,2-4H3. The average molecular weight is 290 g/mol. The molecule has 1 aliphatic carbocycles. The van der Waals surface area contributed by atoms with Crippen LogP contribution < -0.4 is 0 Å². The fourth-order valence-corrected chi connectivity index (χ4v) is 3.04. The highest BCUT2D eigenvalue weighted by molar-refractivity contribution is 6.30. The van der Waals surface area contributed by atoms with Crippen LogP contribution in [-0.2, 0) is 5.41 Å². The van der Waals surface area contributed by atoms with Crippen molar-refractivity contribution in [3.05, 3.63) is 76.4 Å². The van der Waals surface area contributed by atoms with Crippen LogP contribution in [0.3, 0.4) is 0 Å². The van der Waals surface area contributed by atoms with E-state index in [0.717, 1.165) is 11.1 Å². The Hall–Kier alpha value is -2.48. The predicted molar refractivity (Wildman–Crippen MR) is 88.5 cm³/mol. The lowest BCUT2D eigenvalue weighted by Gasteiger charge is -2.28. The summed E-state index contributed by atoms with van der Waals surface area (Å²) in [6.07, 6.45) is 1.64. The summed E-state index contributed by atoms with van der Waals surface area (Å²) in [6, 6.07) is 10.8. The third kappa shape index (κ3) is 1.95. The lowest BCUT2D eigenvalue weighted by atomic mass is 9.74. The number of rotatable bonds is 1. The summed E-state index contributed by atoms with van der Waals surface area (Å²) in [7, 11) is 0. The van der Waals surface area contributed by atoms with Crippen LogP contribution in [0.25, 0.3) is 6.08 Å². The van der Waals surface area contributed by atoms with Gasteiger partial charge in [-0.1, -0.05) is 69.8 Å². The SMILES string of the molecule is C=Cc1ccc(C(C)(C)C)c2c1C(=O)c1ccccc1C2=O. The van der Waals surface area contributed by atoms with E-state index in [1.165, 1.54) is 0 Å². The lowest BCUT2D eigenvalue weighted by molar-refractivity contribution is 0.0977. The molecule has 0 amide bonds. The molecule has 0 aromatic heterocycles. The van der Waals surface area contributed by atoms with E-state index < -0.39 is 0 Å². The van der Waals surface area contributed by atoms with Crippen molar-refractivity contribution >= 4 is 17.6 Å². The molecule has 0 unspecified atom stereocenters. The molecule has 0 atom stereocenters. The van der Waals surface area contributed by atoms with E-state index in [-0.39, 0.29) is 17.0 Å². The number of fused-ring (bicyclic) bond motifs is 2. The summed E-state index contributed by atoms with van der Waals surface area (Å²) in [5.74, 6) is -0.162. The first-order valence-corrected chi connectivity index (χ1v) is 7.34. The topological polar surface area (TPSA) is 34.1 Å². The lowest BCUT2D eigenvalue weighted by Crippen LogP contribution is -2.27. The minimum Gasteiger partial charge on any atom is -0.289 e. The molecular weight excluding hydrogens is 272 g/mol. The van der Waals surface area contributed by atoms with Crippen LogP contribution >= 0.6 is 0 Å². The summed E-state index contributed by atoms with van der Waals surface area (Å²) in [4.78, 5) is 25.9. The molecule has 0 aliphatic heterocycles. The Morgan fingerprint density at radius 2 is 1.41 bits per heavy atom. The average Bonchev–Trinajstić information content (AvgIpc) is 2.50. The molecule has 110 valence electrons. The smallest absolute Gasteiger partial charge is 0.195 e. The fraction of sp³-hybridized carbons (Fsp3) is 0.200. The summed E-state index contributed by atoms with van der Waals surface area (Å²) < 4.78 is 0. The summed E-state index contributed by atoms with van der Waals surface area (Å²) >= 11 is 0. The van der Waals surface area contributed by atoms with Gasteiger partial charge in [0.25, 0.3) is 0 Å². The number of hydrogen-bond acceptors (Lipinski definition) is 2. The molecule has 0 spiro atoms. The van der Waals surface area contributed by atoms with Gasteiger partial charge in [-0.2, -0.15) is 0 Å². The van der Waals surface area contributed by atoms with Crippen molar-refractivity contribution in [1.29, 1.82) is 0 Å². The number of ketones is 2. The molecule has 0 fully saturated rings. The van der Waals surface area contributed by atoms with Gasteiger partial charge in [0, 0.05) is 22.3 Å². The highest BCUT2D eigenvalue weighted by Gasteiger charge is 2.35. The van der Waals surface area contributed by atoms with Crippen LogP contribution in [-0.4, -0.2) is 11.6 Å². The molecule has 0 N–H and O–H groups in total. The first-order chi connectivity index (χ1) is 10.4. The Kier molecular flexibility index (Phi) is 3.13. The second-order valence-electron chi connectivity index (χ2n) is 6.61. The molecule has 0 heterocycles. The minimum atomic E-state index is -0.216. The summed E-state index contributed by atoms with van der Waals surface area (Å²) in [5, 5.41) is 0. The molecule has 0 saturated heterocycles. The molecular formula is C20H18O2. The number of benzene rings is 2. The van der Waals surface area contributed by atoms with Crippen molar-refractivity contribution in [3.63, 3.8) is 0 Å². The molecule has 2 heteroatoms. The van der Waals surface area contributed by atoms with Gasteiger partial charge in [-0.3, -0.25) is 9.59 Å². The summed E-state index contributed by atoms with van der Waals surface area (Å²) in [5.41, 5.74) is 3.41. The van der Waals surface area contributed by atoms with Crippen molar-refractivity contribution in [2.75, 3.05) is 0 Å². The van der Waals surface area contributed by atoms with Gasteiger partial charge in [0.1, 0.15) is 0 Å². The molecule has 2 aromatic rings. The van der Waals surface area contributed by atoms with E-state index in [1.807, 2.05) is 12.1 Å². The number of carbonyl (C=O) groups is 2. The monoisotopic (exact) mass is 290 g/mol. The summed E-state index contributed by atoms with van der Waals surface area (Å²) in [6.45, 7) is 9.93. The maximum atomic E-state index is 13.0. The zero-order valence-electron chi connectivity index (χ0n) is 13.1. The quantitative estimate of drug-likeness (QED) is 0.665. The van der Waals surface area contributed by atoms with Gasteiger partial charge in [0.05, 0.1) is 0 Å². The van der Waals surface area contributed by atoms with Crippen molar-refractivity contribution in [1.82, 2.24) is 0 Å². The van der Waals surface area contributed by atoms with Crippen LogP contribution in [0.15, 0.2) is 43.0 Å².